The van der Waals surface area contributed by atoms with Crippen LogP contribution < -0.4 is 0 Å². The van der Waals surface area contributed by atoms with Crippen molar-refractivity contribution in [2.24, 2.45) is 5.92 Å². The molecule has 3 heteroatoms. The number of carbonyl (C=O) groups is 1. The van der Waals surface area contributed by atoms with Crippen molar-refractivity contribution < 1.29 is 4.79 Å². The molecule has 0 fully saturated rings. The highest BCUT2D eigenvalue weighted by Gasteiger charge is 2.11. The van der Waals surface area contributed by atoms with Gasteiger partial charge in [0.2, 0.25) is 0 Å². The molecule has 31 heavy (non-hydrogen) atoms. The maximum absolute atomic E-state index is 12.2. The van der Waals surface area contributed by atoms with E-state index in [1.807, 2.05) is 33.2 Å². The lowest BCUT2D eigenvalue weighted by Crippen LogP contribution is -2.11. The maximum atomic E-state index is 12.2. The molecule has 0 N–H and O–H groups in total. The molecule has 0 bridgehead atoms. The highest BCUT2D eigenvalue weighted by molar-refractivity contribution is 5.88. The van der Waals surface area contributed by atoms with E-state index in [-0.39, 0.29) is 5.92 Å². The normalized spacial score (nSPS) is 11.8. The predicted octanol–water partition coefficient (Wildman–Crippen LogP) is 6.46. The van der Waals surface area contributed by atoms with Crippen LogP contribution in [0.5, 0.6) is 0 Å². The molecule has 0 spiro atoms. The van der Waals surface area contributed by atoms with Crippen LogP contribution in [-0.4, -0.2) is 29.8 Å². The summed E-state index contributed by atoms with van der Waals surface area (Å²) in [5, 5.41) is 2.51. The lowest BCUT2D eigenvalue weighted by Gasteiger charge is -2.14. The van der Waals surface area contributed by atoms with Gasteiger partial charge >= 0.3 is 0 Å². The fourth-order valence-electron chi connectivity index (χ4n) is 3.79. The van der Waals surface area contributed by atoms with Gasteiger partial charge in [-0.2, -0.15) is 0 Å². The molecule has 3 rings (SSSR count). The van der Waals surface area contributed by atoms with Crippen LogP contribution >= 0.6 is 0 Å². The number of nitrogens with zero attached hydrogens (tertiary/aromatic N) is 2. The zero-order valence-corrected chi connectivity index (χ0v) is 20.1. The predicted molar refractivity (Wildman–Crippen MR) is 133 cm³/mol. The Labute approximate surface area is 188 Å². The van der Waals surface area contributed by atoms with E-state index >= 15 is 0 Å². The third-order valence-corrected chi connectivity index (χ3v) is 5.67. The fourth-order valence-corrected chi connectivity index (χ4v) is 3.79. The Morgan fingerprint density at radius 2 is 1.68 bits per heavy atom. The molecule has 0 aliphatic heterocycles. The van der Waals surface area contributed by atoms with Crippen LogP contribution in [0.2, 0.25) is 0 Å². The summed E-state index contributed by atoms with van der Waals surface area (Å²) in [5.74, 6) is 0.532. The number of benzene rings is 2. The standard InChI is InChI=1S/C26H32N2O.C2H6/c1-5-19(2)26(29)13-12-20-8-6-9-21(14-20)15-22-10-7-11-24-23(18-28(3)4)16-27-17-25(22)24;1-2/h6-11,14,16-17,19H,5,12-13,15,18H2,1-4H3;1-2H3. The van der Waals surface area contributed by atoms with E-state index in [2.05, 4.69) is 73.4 Å². The summed E-state index contributed by atoms with van der Waals surface area (Å²) >= 11 is 0. The van der Waals surface area contributed by atoms with Crippen molar-refractivity contribution in [2.45, 2.75) is 59.9 Å². The molecule has 3 aromatic rings. The van der Waals surface area contributed by atoms with Gasteiger partial charge in [0.25, 0.3) is 0 Å². The highest BCUT2D eigenvalue weighted by Crippen LogP contribution is 2.24. The van der Waals surface area contributed by atoms with E-state index in [0.29, 0.717) is 12.2 Å². The van der Waals surface area contributed by atoms with Crippen LogP contribution in [0.15, 0.2) is 54.9 Å². The molecule has 0 aliphatic carbocycles. The number of aryl methyl sites for hydroxylation is 1. The first-order valence-electron chi connectivity index (χ1n) is 11.6. The molecule has 0 aliphatic rings. The van der Waals surface area contributed by atoms with E-state index in [0.717, 1.165) is 25.8 Å². The van der Waals surface area contributed by atoms with Crippen LogP contribution in [0.1, 0.15) is 62.8 Å². The second-order valence-electron chi connectivity index (χ2n) is 8.32. The zero-order chi connectivity index (χ0) is 22.8. The lowest BCUT2D eigenvalue weighted by molar-refractivity contribution is -0.122. The van der Waals surface area contributed by atoms with Gasteiger partial charge in [0, 0.05) is 36.7 Å². The van der Waals surface area contributed by atoms with Gasteiger partial charge in [0.1, 0.15) is 5.78 Å². The van der Waals surface area contributed by atoms with Crippen LogP contribution in [-0.2, 0) is 24.2 Å². The second-order valence-corrected chi connectivity index (χ2v) is 8.32. The summed E-state index contributed by atoms with van der Waals surface area (Å²) in [7, 11) is 4.17. The van der Waals surface area contributed by atoms with E-state index in [9.17, 15) is 4.79 Å². The van der Waals surface area contributed by atoms with Crippen LogP contribution in [0.4, 0.5) is 0 Å². The Balaban J connectivity index is 0.00000166. The number of ketones is 1. The SMILES string of the molecule is CC.CCC(C)C(=O)CCc1cccc(Cc2cccc3c(CN(C)C)cncc23)c1. The van der Waals surface area contributed by atoms with E-state index in [1.54, 1.807) is 0 Å². The number of Topliss-reactive ketones (excluding diaryl/α,β-unsaturated/α-hetero) is 1. The van der Waals surface area contributed by atoms with Crippen molar-refractivity contribution >= 4 is 16.6 Å². The minimum Gasteiger partial charge on any atom is -0.305 e. The van der Waals surface area contributed by atoms with Gasteiger partial charge in [-0.3, -0.25) is 9.78 Å². The van der Waals surface area contributed by atoms with E-state index in [4.69, 9.17) is 0 Å². The van der Waals surface area contributed by atoms with Gasteiger partial charge in [0.05, 0.1) is 0 Å². The molecule has 2 aromatic carbocycles. The molecule has 3 nitrogen and oxygen atoms in total. The molecule has 0 radical (unpaired) electrons. The smallest absolute Gasteiger partial charge is 0.136 e. The average Bonchev–Trinajstić information content (AvgIpc) is 2.79. The maximum Gasteiger partial charge on any atom is 0.136 e. The largest absolute Gasteiger partial charge is 0.305 e. The monoisotopic (exact) mass is 418 g/mol. The number of rotatable bonds is 9. The van der Waals surface area contributed by atoms with Gasteiger partial charge in [-0.25, -0.2) is 0 Å². The number of carbonyl (C=O) groups excluding carboxylic acids is 1. The first-order valence-corrected chi connectivity index (χ1v) is 11.6. The molecule has 0 amide bonds. The Morgan fingerprint density at radius 1 is 0.968 bits per heavy atom. The number of aromatic nitrogens is 1. The number of fused-ring (bicyclic) bond motifs is 1. The summed E-state index contributed by atoms with van der Waals surface area (Å²) < 4.78 is 0. The van der Waals surface area contributed by atoms with Crippen molar-refractivity contribution in [3.8, 4) is 0 Å². The van der Waals surface area contributed by atoms with Crippen LogP contribution in [0, 0.1) is 5.92 Å². The summed E-state index contributed by atoms with van der Waals surface area (Å²) in [5.41, 5.74) is 5.07. The molecule has 166 valence electrons. The first-order chi connectivity index (χ1) is 15.0. The molecule has 1 heterocycles. The quantitative estimate of drug-likeness (QED) is 0.400. The molecule has 1 atom stereocenters. The minimum absolute atomic E-state index is 0.165. The minimum atomic E-state index is 0.165. The summed E-state index contributed by atoms with van der Waals surface area (Å²) in [6.07, 6.45) is 7.20. The highest BCUT2D eigenvalue weighted by atomic mass is 16.1. The third-order valence-electron chi connectivity index (χ3n) is 5.67. The van der Waals surface area contributed by atoms with Gasteiger partial charge in [-0.15, -0.1) is 0 Å². The van der Waals surface area contributed by atoms with Crippen LogP contribution in [0.3, 0.4) is 0 Å². The van der Waals surface area contributed by atoms with Crippen molar-refractivity contribution in [1.29, 1.82) is 0 Å². The van der Waals surface area contributed by atoms with Gasteiger partial charge in [0.15, 0.2) is 0 Å². The lowest BCUT2D eigenvalue weighted by atomic mass is 9.94. The summed E-state index contributed by atoms with van der Waals surface area (Å²) in [6, 6.07) is 15.2. The average molecular weight is 419 g/mol. The Hall–Kier alpha value is -2.52. The van der Waals surface area contributed by atoms with Crippen molar-refractivity contribution in [3.05, 3.63) is 77.1 Å². The summed E-state index contributed by atoms with van der Waals surface area (Å²) in [6.45, 7) is 8.98. The number of hydrogen-bond donors (Lipinski definition) is 0. The molecular formula is C28H38N2O. The first kappa shape index (κ1) is 24.7. The Bertz CT molecular complexity index is 978. The van der Waals surface area contributed by atoms with E-state index < -0.39 is 0 Å². The topological polar surface area (TPSA) is 33.2 Å². The zero-order valence-electron chi connectivity index (χ0n) is 20.1. The van der Waals surface area contributed by atoms with Gasteiger partial charge < -0.3 is 4.90 Å². The summed E-state index contributed by atoms with van der Waals surface area (Å²) in [4.78, 5) is 18.8. The van der Waals surface area contributed by atoms with Crippen molar-refractivity contribution in [2.75, 3.05) is 14.1 Å². The number of pyridine rings is 1. The molecule has 1 aromatic heterocycles. The van der Waals surface area contributed by atoms with E-state index in [1.165, 1.54) is 33.0 Å². The molecule has 0 saturated heterocycles. The number of hydrogen-bond acceptors (Lipinski definition) is 3. The van der Waals surface area contributed by atoms with Crippen molar-refractivity contribution in [1.82, 2.24) is 9.88 Å². The fraction of sp³-hybridized carbons (Fsp3) is 0.429. The molecular weight excluding hydrogens is 380 g/mol. The second kappa shape index (κ2) is 12.4. The Kier molecular flexibility index (Phi) is 9.87. The van der Waals surface area contributed by atoms with Gasteiger partial charge in [-0.1, -0.05) is 70.2 Å². The van der Waals surface area contributed by atoms with Gasteiger partial charge in [-0.05, 0) is 61.0 Å². The third kappa shape index (κ3) is 7.00. The molecule has 0 saturated carbocycles. The van der Waals surface area contributed by atoms with Crippen LogP contribution in [0.25, 0.3) is 10.8 Å². The van der Waals surface area contributed by atoms with Crippen molar-refractivity contribution in [3.63, 3.8) is 0 Å². The Morgan fingerprint density at radius 3 is 2.39 bits per heavy atom. The molecule has 1 unspecified atom stereocenters.